The van der Waals surface area contributed by atoms with E-state index < -0.39 is 5.97 Å². The fourth-order valence-electron chi connectivity index (χ4n) is 5.62. The number of ether oxygens (including phenoxy) is 1. The lowest BCUT2D eigenvalue weighted by Crippen LogP contribution is -2.42. The van der Waals surface area contributed by atoms with E-state index in [0.717, 1.165) is 64.2 Å². The van der Waals surface area contributed by atoms with E-state index >= 15 is 0 Å². The zero-order valence-electron chi connectivity index (χ0n) is 31.2. The smallest absolute Gasteiger partial charge is 0.305 e. The van der Waals surface area contributed by atoms with Crippen LogP contribution in [0.2, 0.25) is 0 Å². The number of amides is 2. The average molecular weight is 709 g/mol. The van der Waals surface area contributed by atoms with Gasteiger partial charge in [0.25, 0.3) is 0 Å². The van der Waals surface area contributed by atoms with E-state index in [2.05, 4.69) is 42.3 Å². The number of carboxylic acids is 1. The maximum Gasteiger partial charge on any atom is 0.305 e. The van der Waals surface area contributed by atoms with Crippen molar-refractivity contribution in [3.05, 3.63) is 24.3 Å². The van der Waals surface area contributed by atoms with Crippen molar-refractivity contribution in [2.24, 2.45) is 0 Å². The topological polar surface area (TPSA) is 138 Å². The Morgan fingerprint density at radius 1 is 0.686 bits per heavy atom. The van der Waals surface area contributed by atoms with Crippen LogP contribution in [0.25, 0.3) is 0 Å². The predicted octanol–water partition coefficient (Wildman–Crippen LogP) is 6.75. The first kappa shape index (κ1) is 44.8. The maximum absolute atomic E-state index is 12.2. The van der Waals surface area contributed by atoms with E-state index in [1.165, 1.54) is 7.11 Å². The number of likely N-dealkylation sites (tertiary alicyclic amines) is 2. The molecule has 0 aliphatic carbocycles. The molecule has 0 aromatic carbocycles. The minimum atomic E-state index is -0.818. The van der Waals surface area contributed by atoms with Crippen LogP contribution in [-0.4, -0.2) is 82.5 Å². The predicted molar refractivity (Wildman–Crippen MR) is 198 cm³/mol. The third-order valence-electron chi connectivity index (χ3n) is 8.64. The van der Waals surface area contributed by atoms with Crippen LogP contribution >= 0.6 is 0 Å². The van der Waals surface area contributed by atoms with E-state index in [4.69, 9.17) is 5.11 Å². The number of carboxylic acid groups (broad SMARTS) is 1. The largest absolute Gasteiger partial charge is 0.481 e. The first-order chi connectivity index (χ1) is 24.6. The summed E-state index contributed by atoms with van der Waals surface area (Å²) in [4.78, 5) is 73.0. The van der Waals surface area contributed by atoms with Gasteiger partial charge in [0.1, 0.15) is 0 Å². The number of nitrogens with zero attached hydrogens (tertiary/aromatic N) is 2. The number of aliphatic carboxylic acids is 1. The van der Waals surface area contributed by atoms with Gasteiger partial charge in [0.15, 0.2) is 11.6 Å². The van der Waals surface area contributed by atoms with E-state index in [1.807, 2.05) is 12.2 Å². The second-order valence-electron chi connectivity index (χ2n) is 12.9. The number of esters is 1. The Labute approximate surface area is 305 Å². The van der Waals surface area contributed by atoms with Gasteiger partial charge in [-0.2, -0.15) is 0 Å². The number of rotatable bonds is 20. The van der Waals surface area contributed by atoms with Crippen LogP contribution < -0.4 is 0 Å². The summed E-state index contributed by atoms with van der Waals surface area (Å²) in [5.74, 6) is 11.3. The summed E-state index contributed by atoms with van der Waals surface area (Å²) in [6.45, 7) is 4.93. The van der Waals surface area contributed by atoms with E-state index in [0.29, 0.717) is 70.9 Å². The van der Waals surface area contributed by atoms with Crippen LogP contribution in [0.3, 0.4) is 0 Å². The van der Waals surface area contributed by atoms with Crippen LogP contribution in [0.5, 0.6) is 0 Å². The second kappa shape index (κ2) is 28.5. The molecule has 2 amide bonds. The van der Waals surface area contributed by atoms with Crippen molar-refractivity contribution in [1.29, 1.82) is 0 Å². The molecule has 0 radical (unpaired) electrons. The zero-order valence-corrected chi connectivity index (χ0v) is 31.2. The lowest BCUT2D eigenvalue weighted by atomic mass is 10.00. The molecule has 0 spiro atoms. The highest BCUT2D eigenvalue weighted by atomic mass is 16.5. The van der Waals surface area contributed by atoms with Crippen molar-refractivity contribution < 1.29 is 38.6 Å². The Hall–Kier alpha value is -4.18. The molecule has 2 aliphatic rings. The van der Waals surface area contributed by atoms with Gasteiger partial charge in [-0.05, 0) is 63.5 Å². The number of piperidine rings is 2. The number of carbonyl (C=O) groups is 6. The molecule has 10 nitrogen and oxygen atoms in total. The summed E-state index contributed by atoms with van der Waals surface area (Å²) < 4.78 is 4.58. The molecule has 2 fully saturated rings. The van der Waals surface area contributed by atoms with Crippen LogP contribution in [-0.2, 0) is 33.5 Å². The van der Waals surface area contributed by atoms with Crippen molar-refractivity contribution in [1.82, 2.24) is 9.80 Å². The molecule has 0 bridgehead atoms. The van der Waals surface area contributed by atoms with Gasteiger partial charge in [-0.15, -0.1) is 11.8 Å². The summed E-state index contributed by atoms with van der Waals surface area (Å²) >= 11 is 0. The van der Waals surface area contributed by atoms with Crippen molar-refractivity contribution in [3.8, 4) is 23.7 Å². The van der Waals surface area contributed by atoms with Gasteiger partial charge in [0.2, 0.25) is 11.8 Å². The molecular weight excluding hydrogens is 648 g/mol. The van der Waals surface area contributed by atoms with E-state index in [-0.39, 0.29) is 47.9 Å². The molecule has 10 heteroatoms. The Morgan fingerprint density at radius 2 is 1.14 bits per heavy atom. The highest BCUT2D eigenvalue weighted by molar-refractivity contribution is 5.90. The van der Waals surface area contributed by atoms with Gasteiger partial charge in [0, 0.05) is 51.4 Å². The minimum absolute atomic E-state index is 0.0456. The average Bonchev–Trinajstić information content (AvgIpc) is 3.11. The number of ketones is 2. The van der Waals surface area contributed by atoms with Gasteiger partial charge < -0.3 is 19.6 Å². The highest BCUT2D eigenvalue weighted by Gasteiger charge is 2.26. The van der Waals surface area contributed by atoms with Crippen molar-refractivity contribution in [2.75, 3.05) is 20.2 Å². The van der Waals surface area contributed by atoms with E-state index in [1.54, 1.807) is 22.0 Å². The molecule has 2 unspecified atom stereocenters. The number of carbonyl (C=O) groups excluding carboxylic acids is 5. The summed E-state index contributed by atoms with van der Waals surface area (Å²) in [7, 11) is 1.37. The summed E-state index contributed by atoms with van der Waals surface area (Å²) in [6.07, 6.45) is 21.5. The monoisotopic (exact) mass is 708 g/mol. The zero-order chi connectivity index (χ0) is 37.7. The number of hydrogen-bond acceptors (Lipinski definition) is 7. The van der Waals surface area contributed by atoms with Crippen molar-refractivity contribution in [2.45, 2.75) is 154 Å². The molecule has 282 valence electrons. The van der Waals surface area contributed by atoms with E-state index in [9.17, 15) is 28.8 Å². The number of methoxy groups -OCH3 is 1. The van der Waals surface area contributed by atoms with Gasteiger partial charge in [-0.1, -0.05) is 63.5 Å². The SMILES string of the molecule is CCCCCC(=O)/C=C/C1CCCC(=O)N1CC#CCCCC(=O)O.CCCCCC(=O)/C=C/C1CCCC(=O)N1CC#CCCCC(=O)OC. The highest BCUT2D eigenvalue weighted by Crippen LogP contribution is 2.20. The Kier molecular flexibility index (Phi) is 25.1. The second-order valence-corrected chi connectivity index (χ2v) is 12.9. The Morgan fingerprint density at radius 3 is 1.55 bits per heavy atom. The molecule has 0 aromatic rings. The molecule has 2 aliphatic heterocycles. The molecule has 0 aromatic heterocycles. The van der Waals surface area contributed by atoms with Gasteiger partial charge in [-0.25, -0.2) is 0 Å². The van der Waals surface area contributed by atoms with Gasteiger partial charge in [0.05, 0.1) is 32.3 Å². The summed E-state index contributed by atoms with van der Waals surface area (Å²) in [6, 6.07) is -0.111. The van der Waals surface area contributed by atoms with Crippen LogP contribution in [0.1, 0.15) is 142 Å². The van der Waals surface area contributed by atoms with Gasteiger partial charge >= 0.3 is 11.9 Å². The molecule has 2 saturated heterocycles. The fraction of sp³-hybridized carbons (Fsp3) is 0.659. The fourth-order valence-corrected chi connectivity index (χ4v) is 5.62. The Balaban J connectivity index is 0.000000510. The number of allylic oxidation sites excluding steroid dienone is 2. The number of hydrogen-bond donors (Lipinski definition) is 1. The molecule has 2 atom stereocenters. The Bertz CT molecular complexity index is 1300. The van der Waals surface area contributed by atoms with Crippen LogP contribution in [0, 0.1) is 23.7 Å². The van der Waals surface area contributed by atoms with Crippen molar-refractivity contribution in [3.63, 3.8) is 0 Å². The molecular formula is C41H60N2O8. The normalized spacial score (nSPS) is 17.2. The third-order valence-corrected chi connectivity index (χ3v) is 8.64. The first-order valence-corrected chi connectivity index (χ1v) is 18.8. The van der Waals surface area contributed by atoms with Crippen LogP contribution in [0.4, 0.5) is 0 Å². The van der Waals surface area contributed by atoms with Crippen molar-refractivity contribution >= 4 is 35.3 Å². The minimum Gasteiger partial charge on any atom is -0.481 e. The lowest BCUT2D eigenvalue weighted by molar-refractivity contribution is -0.141. The molecule has 1 N–H and O–H groups in total. The van der Waals surface area contributed by atoms with Gasteiger partial charge in [-0.3, -0.25) is 28.8 Å². The third kappa shape index (κ3) is 21.6. The quantitative estimate of drug-likeness (QED) is 0.0635. The molecule has 0 saturated carbocycles. The summed E-state index contributed by atoms with van der Waals surface area (Å²) in [5, 5.41) is 8.58. The maximum atomic E-state index is 12.2. The first-order valence-electron chi connectivity index (χ1n) is 18.8. The standard InChI is InChI=1S/C21H31NO4.C20H29NO4/c1-3-4-7-12-19(23)16-15-18-11-10-13-20(24)22(18)17-9-6-5-8-14-21(25)26-2;1-2-3-6-11-18(22)15-14-17-10-9-12-19(23)21(17)16-8-5-4-7-13-20(24)25/h15-16,18H,3-5,7-8,10-14,17H2,1-2H3;14-15,17H,2-4,6-7,9-13,16H2,1H3,(H,24,25)/b16-15+;15-14+. The molecule has 51 heavy (non-hydrogen) atoms. The number of unbranched alkanes of at least 4 members (excludes halogenated alkanes) is 6. The molecule has 2 rings (SSSR count). The lowest BCUT2D eigenvalue weighted by Gasteiger charge is -2.32. The van der Waals surface area contributed by atoms with Crippen LogP contribution in [0.15, 0.2) is 24.3 Å². The molecule has 2 heterocycles. The summed E-state index contributed by atoms with van der Waals surface area (Å²) in [5.41, 5.74) is 0.